The number of hydrogen-bond acceptors (Lipinski definition) is 3. The first kappa shape index (κ1) is 15.9. The first-order valence-corrected chi connectivity index (χ1v) is 6.63. The second-order valence-corrected chi connectivity index (χ2v) is 6.02. The minimum absolute atomic E-state index is 0.224. The van der Waals surface area contributed by atoms with E-state index >= 15 is 0 Å². The molecule has 0 rings (SSSR count). The van der Waals surface area contributed by atoms with E-state index in [1.165, 1.54) is 12.5 Å². The van der Waals surface area contributed by atoms with E-state index in [1.54, 1.807) is 0 Å². The van der Waals surface area contributed by atoms with E-state index in [-0.39, 0.29) is 9.89 Å². The number of rotatable bonds is 6. The highest BCUT2D eigenvalue weighted by molar-refractivity contribution is 14.1. The molecule has 0 spiro atoms. The maximum absolute atomic E-state index is 10.5. The zero-order chi connectivity index (χ0) is 12.8. The molecule has 0 aromatic rings. The summed E-state index contributed by atoms with van der Waals surface area (Å²) < 4.78 is 5.04. The topological polar surface area (TPSA) is 46.5 Å². The fraction of sp³-hybridized carbons (Fsp3) is 0.750. The lowest BCUT2D eigenvalue weighted by molar-refractivity contribution is -0.139. The van der Waals surface area contributed by atoms with Gasteiger partial charge in [0.1, 0.15) is 6.61 Å². The van der Waals surface area contributed by atoms with Crippen molar-refractivity contribution in [1.29, 1.82) is 0 Å². The van der Waals surface area contributed by atoms with Gasteiger partial charge in [-0.25, -0.2) is 0 Å². The van der Waals surface area contributed by atoms with Crippen LogP contribution in [-0.2, 0) is 9.53 Å². The zero-order valence-corrected chi connectivity index (χ0v) is 12.6. The summed E-state index contributed by atoms with van der Waals surface area (Å²) in [5.74, 6) is -0.257. The second-order valence-electron chi connectivity index (χ2n) is 4.51. The van der Waals surface area contributed by atoms with E-state index in [2.05, 4.69) is 22.6 Å². The molecule has 0 amide bonds. The van der Waals surface area contributed by atoms with Crippen molar-refractivity contribution in [2.75, 3.05) is 6.61 Å². The summed E-state index contributed by atoms with van der Waals surface area (Å²) in [7, 11) is 0. The van der Waals surface area contributed by atoms with E-state index < -0.39 is 5.60 Å². The number of carbonyl (C=O) groups excluding carboxylic acids is 1. The van der Waals surface area contributed by atoms with Gasteiger partial charge in [0.15, 0.2) is 0 Å². The minimum Gasteiger partial charge on any atom is -0.462 e. The van der Waals surface area contributed by atoms with Crippen LogP contribution in [0, 0.1) is 0 Å². The van der Waals surface area contributed by atoms with E-state index in [4.69, 9.17) is 4.74 Å². The molecule has 0 heterocycles. The van der Waals surface area contributed by atoms with Gasteiger partial charge >= 0.3 is 5.97 Å². The average molecular weight is 340 g/mol. The molecule has 0 radical (unpaired) electrons. The lowest BCUT2D eigenvalue weighted by Gasteiger charge is -2.24. The predicted octanol–water partition coefficient (Wildman–Crippen LogP) is 2.85. The van der Waals surface area contributed by atoms with Crippen LogP contribution in [0.4, 0.5) is 0 Å². The van der Waals surface area contributed by atoms with Crippen LogP contribution in [0.15, 0.2) is 11.6 Å². The van der Waals surface area contributed by atoms with Crippen LogP contribution in [0.2, 0.25) is 0 Å². The standard InChI is InChI=1S/C12H21IO3/c1-9(7-8-16-10(2)14)5-6-11(13)12(3,4)15/h7,11,15H,5-6,8H2,1-4H3/b9-7+. The smallest absolute Gasteiger partial charge is 0.302 e. The maximum Gasteiger partial charge on any atom is 0.302 e. The molecular formula is C12H21IO3. The van der Waals surface area contributed by atoms with Crippen molar-refractivity contribution in [2.45, 2.75) is 50.1 Å². The Morgan fingerprint density at radius 2 is 2.06 bits per heavy atom. The van der Waals surface area contributed by atoms with Crippen molar-refractivity contribution in [3.8, 4) is 0 Å². The number of halogens is 1. The van der Waals surface area contributed by atoms with Gasteiger partial charge in [0.05, 0.1) is 5.60 Å². The minimum atomic E-state index is -0.642. The van der Waals surface area contributed by atoms with Gasteiger partial charge < -0.3 is 9.84 Å². The van der Waals surface area contributed by atoms with Crippen molar-refractivity contribution in [3.05, 3.63) is 11.6 Å². The lowest BCUT2D eigenvalue weighted by atomic mass is 9.99. The number of aliphatic hydroxyl groups is 1. The van der Waals surface area contributed by atoms with Crippen LogP contribution in [0.1, 0.15) is 40.5 Å². The molecule has 1 atom stereocenters. The SMILES string of the molecule is CC(=O)OC/C=C(\C)CCC(I)C(C)(C)O. The number of alkyl halides is 1. The summed E-state index contributed by atoms with van der Waals surface area (Å²) in [6, 6.07) is 0. The monoisotopic (exact) mass is 340 g/mol. The van der Waals surface area contributed by atoms with E-state index in [0.717, 1.165) is 12.8 Å². The van der Waals surface area contributed by atoms with Crippen molar-refractivity contribution < 1.29 is 14.6 Å². The first-order chi connectivity index (χ1) is 7.23. The van der Waals surface area contributed by atoms with Gasteiger partial charge in [0.2, 0.25) is 0 Å². The van der Waals surface area contributed by atoms with E-state index in [1.807, 2.05) is 26.8 Å². The molecule has 0 aromatic carbocycles. The molecule has 4 heteroatoms. The summed E-state index contributed by atoms with van der Waals surface area (Å²) >= 11 is 2.27. The van der Waals surface area contributed by atoms with E-state index in [0.29, 0.717) is 6.61 Å². The van der Waals surface area contributed by atoms with Crippen LogP contribution in [0.25, 0.3) is 0 Å². The van der Waals surface area contributed by atoms with Crippen LogP contribution in [0.3, 0.4) is 0 Å². The normalized spacial score (nSPS) is 14.8. The Labute approximate surface area is 111 Å². The molecular weight excluding hydrogens is 319 g/mol. The number of carbonyl (C=O) groups is 1. The summed E-state index contributed by atoms with van der Waals surface area (Å²) in [4.78, 5) is 10.5. The van der Waals surface area contributed by atoms with Crippen LogP contribution in [-0.4, -0.2) is 27.2 Å². The zero-order valence-electron chi connectivity index (χ0n) is 10.4. The van der Waals surface area contributed by atoms with Gasteiger partial charge in [0.25, 0.3) is 0 Å². The molecule has 3 nitrogen and oxygen atoms in total. The van der Waals surface area contributed by atoms with Crippen LogP contribution >= 0.6 is 22.6 Å². The quantitative estimate of drug-likeness (QED) is 0.350. The molecule has 1 N–H and O–H groups in total. The maximum atomic E-state index is 10.5. The van der Waals surface area contributed by atoms with Crippen molar-refractivity contribution in [3.63, 3.8) is 0 Å². The molecule has 0 aliphatic heterocycles. The largest absolute Gasteiger partial charge is 0.462 e. The Bertz CT molecular complexity index is 253. The third kappa shape index (κ3) is 8.10. The highest BCUT2D eigenvalue weighted by Gasteiger charge is 2.23. The third-order valence-electron chi connectivity index (χ3n) is 2.28. The second kappa shape index (κ2) is 7.27. The Morgan fingerprint density at radius 1 is 1.50 bits per heavy atom. The van der Waals surface area contributed by atoms with Gasteiger partial charge in [-0.3, -0.25) is 4.79 Å². The molecule has 0 saturated carbocycles. The third-order valence-corrected chi connectivity index (χ3v) is 4.42. The predicted molar refractivity (Wildman–Crippen MR) is 73.7 cm³/mol. The van der Waals surface area contributed by atoms with Gasteiger partial charge in [-0.2, -0.15) is 0 Å². The molecule has 16 heavy (non-hydrogen) atoms. The Morgan fingerprint density at radius 3 is 2.50 bits per heavy atom. The van der Waals surface area contributed by atoms with Gasteiger partial charge in [-0.15, -0.1) is 0 Å². The lowest BCUT2D eigenvalue weighted by Crippen LogP contribution is -2.30. The molecule has 1 unspecified atom stereocenters. The van der Waals surface area contributed by atoms with E-state index in [9.17, 15) is 9.90 Å². The van der Waals surface area contributed by atoms with Gasteiger partial charge in [-0.05, 0) is 39.7 Å². The summed E-state index contributed by atoms with van der Waals surface area (Å²) in [6.07, 6.45) is 3.75. The van der Waals surface area contributed by atoms with Crippen LogP contribution < -0.4 is 0 Å². The average Bonchev–Trinajstić information content (AvgIpc) is 2.11. The fourth-order valence-electron chi connectivity index (χ4n) is 1.11. The Hall–Kier alpha value is -0.100. The molecule has 94 valence electrons. The van der Waals surface area contributed by atoms with Gasteiger partial charge in [-0.1, -0.05) is 28.2 Å². The highest BCUT2D eigenvalue weighted by Crippen LogP contribution is 2.24. The molecule has 0 aromatic heterocycles. The number of allylic oxidation sites excluding steroid dienone is 1. The summed E-state index contributed by atoms with van der Waals surface area (Å²) in [5, 5.41) is 9.75. The first-order valence-electron chi connectivity index (χ1n) is 5.39. The molecule has 0 aliphatic carbocycles. The number of ether oxygens (including phenoxy) is 1. The molecule has 0 saturated heterocycles. The molecule has 0 aliphatic rings. The number of hydrogen-bond donors (Lipinski definition) is 1. The van der Waals surface area contributed by atoms with Gasteiger partial charge in [0, 0.05) is 10.8 Å². The van der Waals surface area contributed by atoms with Crippen LogP contribution in [0.5, 0.6) is 0 Å². The number of esters is 1. The highest BCUT2D eigenvalue weighted by atomic mass is 127. The Kier molecular flexibility index (Phi) is 7.22. The summed E-state index contributed by atoms with van der Waals surface area (Å²) in [6.45, 7) is 7.40. The summed E-state index contributed by atoms with van der Waals surface area (Å²) in [5.41, 5.74) is 0.545. The fourth-order valence-corrected chi connectivity index (χ4v) is 1.42. The van der Waals surface area contributed by atoms with Crippen molar-refractivity contribution in [2.24, 2.45) is 0 Å². The van der Waals surface area contributed by atoms with Crippen molar-refractivity contribution >= 4 is 28.6 Å². The Balaban J connectivity index is 3.88. The molecule has 0 fully saturated rings. The van der Waals surface area contributed by atoms with Crippen molar-refractivity contribution in [1.82, 2.24) is 0 Å². The molecule has 0 bridgehead atoms.